The van der Waals surface area contributed by atoms with E-state index in [2.05, 4.69) is 5.32 Å². The fourth-order valence-corrected chi connectivity index (χ4v) is 3.73. The van der Waals surface area contributed by atoms with Crippen LogP contribution in [-0.4, -0.2) is 33.0 Å². The van der Waals surface area contributed by atoms with Crippen molar-refractivity contribution in [2.75, 3.05) is 17.7 Å². The predicted molar refractivity (Wildman–Crippen MR) is 103 cm³/mol. The second-order valence-corrected chi connectivity index (χ2v) is 8.75. The minimum absolute atomic E-state index is 0.0758. The van der Waals surface area contributed by atoms with Gasteiger partial charge in [-0.25, -0.2) is 8.42 Å². The smallest absolute Gasteiger partial charge is 0.251 e. The van der Waals surface area contributed by atoms with Gasteiger partial charge in [-0.2, -0.15) is 0 Å². The van der Waals surface area contributed by atoms with Crippen LogP contribution in [0.4, 0.5) is 5.69 Å². The van der Waals surface area contributed by atoms with Crippen molar-refractivity contribution in [2.45, 2.75) is 30.7 Å². The van der Waals surface area contributed by atoms with E-state index in [9.17, 15) is 18.0 Å². The van der Waals surface area contributed by atoms with Crippen LogP contribution in [0.3, 0.4) is 0 Å². The van der Waals surface area contributed by atoms with Gasteiger partial charge in [-0.3, -0.25) is 9.59 Å². The predicted octanol–water partition coefficient (Wildman–Crippen LogP) is 2.71. The molecule has 142 valence electrons. The topological polar surface area (TPSA) is 83.6 Å². The number of carbonyl (C=O) groups excluding carboxylic acids is 2. The SMILES string of the molecule is C[C@H](NC(=O)c1cccc(N2CCCC2=O)c1)c1ccc(S(C)(=O)=O)cc1. The summed E-state index contributed by atoms with van der Waals surface area (Å²) in [5.41, 5.74) is 2.02. The van der Waals surface area contributed by atoms with E-state index in [1.54, 1.807) is 35.2 Å². The average molecular weight is 386 g/mol. The molecular formula is C20H22N2O4S. The van der Waals surface area contributed by atoms with Gasteiger partial charge in [0.1, 0.15) is 0 Å². The van der Waals surface area contributed by atoms with Crippen LogP contribution >= 0.6 is 0 Å². The molecule has 0 aliphatic carbocycles. The van der Waals surface area contributed by atoms with Gasteiger partial charge in [-0.15, -0.1) is 0 Å². The Hall–Kier alpha value is -2.67. The van der Waals surface area contributed by atoms with Crippen molar-refractivity contribution in [1.82, 2.24) is 5.32 Å². The summed E-state index contributed by atoms with van der Waals surface area (Å²) in [6.45, 7) is 2.51. The van der Waals surface area contributed by atoms with Crippen molar-refractivity contribution in [3.05, 3.63) is 59.7 Å². The van der Waals surface area contributed by atoms with E-state index in [0.717, 1.165) is 23.9 Å². The first-order valence-corrected chi connectivity index (χ1v) is 10.7. The van der Waals surface area contributed by atoms with Crippen LogP contribution < -0.4 is 10.2 Å². The fraction of sp³-hybridized carbons (Fsp3) is 0.300. The molecule has 0 aromatic heterocycles. The summed E-state index contributed by atoms with van der Waals surface area (Å²) in [5, 5.41) is 2.91. The van der Waals surface area contributed by atoms with Crippen molar-refractivity contribution in [2.24, 2.45) is 0 Å². The molecule has 0 radical (unpaired) electrons. The minimum atomic E-state index is -3.25. The first-order valence-electron chi connectivity index (χ1n) is 8.77. The number of carbonyl (C=O) groups is 2. The van der Waals surface area contributed by atoms with Crippen LogP contribution in [0.1, 0.15) is 41.7 Å². The van der Waals surface area contributed by atoms with Crippen LogP contribution in [-0.2, 0) is 14.6 Å². The third-order valence-electron chi connectivity index (χ3n) is 4.65. The van der Waals surface area contributed by atoms with Crippen molar-refractivity contribution in [3.63, 3.8) is 0 Å². The van der Waals surface area contributed by atoms with Gasteiger partial charge in [0.15, 0.2) is 9.84 Å². The van der Waals surface area contributed by atoms with Gasteiger partial charge >= 0.3 is 0 Å². The fourth-order valence-electron chi connectivity index (χ4n) is 3.10. The molecule has 2 aromatic rings. The molecule has 1 N–H and O–H groups in total. The monoisotopic (exact) mass is 386 g/mol. The largest absolute Gasteiger partial charge is 0.346 e. The van der Waals surface area contributed by atoms with Crippen LogP contribution in [0.15, 0.2) is 53.4 Å². The van der Waals surface area contributed by atoms with Crippen molar-refractivity contribution < 1.29 is 18.0 Å². The number of nitrogens with zero attached hydrogens (tertiary/aromatic N) is 1. The van der Waals surface area contributed by atoms with E-state index in [4.69, 9.17) is 0 Å². The van der Waals surface area contributed by atoms with Gasteiger partial charge in [0.25, 0.3) is 5.91 Å². The zero-order valence-electron chi connectivity index (χ0n) is 15.3. The molecule has 2 aromatic carbocycles. The molecule has 7 heteroatoms. The first-order chi connectivity index (χ1) is 12.8. The van der Waals surface area contributed by atoms with Gasteiger partial charge in [-0.05, 0) is 49.2 Å². The van der Waals surface area contributed by atoms with Crippen LogP contribution in [0, 0.1) is 0 Å². The average Bonchev–Trinajstić information content (AvgIpc) is 3.07. The molecule has 1 fully saturated rings. The summed E-state index contributed by atoms with van der Waals surface area (Å²) in [6.07, 6.45) is 2.53. The second-order valence-electron chi connectivity index (χ2n) is 6.74. The molecule has 0 unspecified atom stereocenters. The molecular weight excluding hydrogens is 364 g/mol. The maximum absolute atomic E-state index is 12.6. The molecule has 27 heavy (non-hydrogen) atoms. The summed E-state index contributed by atoms with van der Waals surface area (Å²) < 4.78 is 23.1. The highest BCUT2D eigenvalue weighted by atomic mass is 32.2. The Morgan fingerprint density at radius 2 is 1.85 bits per heavy atom. The lowest BCUT2D eigenvalue weighted by molar-refractivity contribution is -0.117. The van der Waals surface area contributed by atoms with Gasteiger partial charge in [0.05, 0.1) is 10.9 Å². The Kier molecular flexibility index (Phi) is 5.32. The first kappa shape index (κ1) is 19.1. The lowest BCUT2D eigenvalue weighted by Gasteiger charge is -2.18. The number of amides is 2. The number of rotatable bonds is 5. The molecule has 0 spiro atoms. The molecule has 1 aliphatic rings. The molecule has 0 saturated carbocycles. The van der Waals surface area contributed by atoms with Gasteiger partial charge < -0.3 is 10.2 Å². The van der Waals surface area contributed by atoms with Crippen LogP contribution in [0.25, 0.3) is 0 Å². The molecule has 1 atom stereocenters. The lowest BCUT2D eigenvalue weighted by Crippen LogP contribution is -2.28. The van der Waals surface area contributed by atoms with Gasteiger partial charge in [0, 0.05) is 30.5 Å². The van der Waals surface area contributed by atoms with E-state index in [-0.39, 0.29) is 22.8 Å². The molecule has 0 bridgehead atoms. The van der Waals surface area contributed by atoms with E-state index in [0.29, 0.717) is 18.5 Å². The van der Waals surface area contributed by atoms with Gasteiger partial charge in [0.2, 0.25) is 5.91 Å². The molecule has 3 rings (SSSR count). The van der Waals surface area contributed by atoms with E-state index in [1.165, 1.54) is 12.1 Å². The molecule has 1 aliphatic heterocycles. The molecule has 6 nitrogen and oxygen atoms in total. The Morgan fingerprint density at radius 3 is 2.44 bits per heavy atom. The summed E-state index contributed by atoms with van der Waals surface area (Å²) in [4.78, 5) is 26.4. The molecule has 2 amide bonds. The second kappa shape index (κ2) is 7.52. The number of hydrogen-bond donors (Lipinski definition) is 1. The zero-order chi connectivity index (χ0) is 19.6. The number of hydrogen-bond acceptors (Lipinski definition) is 4. The van der Waals surface area contributed by atoms with Crippen molar-refractivity contribution in [1.29, 1.82) is 0 Å². The Morgan fingerprint density at radius 1 is 1.15 bits per heavy atom. The minimum Gasteiger partial charge on any atom is -0.346 e. The van der Waals surface area contributed by atoms with Crippen LogP contribution in [0.2, 0.25) is 0 Å². The zero-order valence-corrected chi connectivity index (χ0v) is 16.1. The normalized spacial score (nSPS) is 15.6. The maximum atomic E-state index is 12.6. The highest BCUT2D eigenvalue weighted by Gasteiger charge is 2.22. The summed E-state index contributed by atoms with van der Waals surface area (Å²) in [6, 6.07) is 13.2. The summed E-state index contributed by atoms with van der Waals surface area (Å²) >= 11 is 0. The number of benzene rings is 2. The highest BCUT2D eigenvalue weighted by Crippen LogP contribution is 2.23. The van der Waals surface area contributed by atoms with E-state index >= 15 is 0 Å². The third kappa shape index (κ3) is 4.36. The van der Waals surface area contributed by atoms with Crippen molar-refractivity contribution in [3.8, 4) is 0 Å². The van der Waals surface area contributed by atoms with Crippen molar-refractivity contribution >= 4 is 27.3 Å². The van der Waals surface area contributed by atoms with E-state index in [1.807, 2.05) is 13.0 Å². The molecule has 1 heterocycles. The Balaban J connectivity index is 1.72. The van der Waals surface area contributed by atoms with Gasteiger partial charge in [-0.1, -0.05) is 18.2 Å². The Labute approximate surface area is 159 Å². The number of sulfone groups is 1. The standard InChI is InChI=1S/C20H22N2O4S/c1-14(15-8-10-18(11-9-15)27(2,25)26)21-20(24)16-5-3-6-17(13-16)22-12-4-7-19(22)23/h3,5-6,8-11,13-14H,4,7,12H2,1-2H3,(H,21,24)/t14-/m0/s1. The summed E-state index contributed by atoms with van der Waals surface area (Å²) in [7, 11) is -3.25. The highest BCUT2D eigenvalue weighted by molar-refractivity contribution is 7.90. The Bertz CT molecular complexity index is 968. The lowest BCUT2D eigenvalue weighted by atomic mass is 10.1. The molecule has 1 saturated heterocycles. The number of nitrogens with one attached hydrogen (secondary N) is 1. The third-order valence-corrected chi connectivity index (χ3v) is 5.78. The maximum Gasteiger partial charge on any atom is 0.251 e. The van der Waals surface area contributed by atoms with Crippen LogP contribution in [0.5, 0.6) is 0 Å². The van der Waals surface area contributed by atoms with E-state index < -0.39 is 9.84 Å². The number of anilines is 1. The quantitative estimate of drug-likeness (QED) is 0.856. The summed E-state index contributed by atoms with van der Waals surface area (Å²) in [5.74, 6) is -0.171.